The van der Waals surface area contributed by atoms with Crippen molar-refractivity contribution in [2.45, 2.75) is 6.18 Å². The SMILES string of the molecule is Fc1cc(C(F)(F)F)cc(Br)c1Br. The lowest BCUT2D eigenvalue weighted by atomic mass is 10.2. The Bertz CT molecular complexity index is 309. The predicted molar refractivity (Wildman–Crippen MR) is 46.8 cm³/mol. The highest BCUT2D eigenvalue weighted by Gasteiger charge is 2.31. The molecule has 0 spiro atoms. The van der Waals surface area contributed by atoms with Crippen LogP contribution in [0, 0.1) is 5.82 Å². The molecule has 0 N–H and O–H groups in total. The standard InChI is InChI=1S/C7H2Br2F4/c8-4-1-3(7(11,12)13)2-5(10)6(4)9/h1-2H. The van der Waals surface area contributed by atoms with Crippen LogP contribution >= 0.6 is 31.9 Å². The van der Waals surface area contributed by atoms with E-state index < -0.39 is 17.6 Å². The third kappa shape index (κ3) is 2.43. The molecule has 0 bridgehead atoms. The quantitative estimate of drug-likeness (QED) is 0.491. The summed E-state index contributed by atoms with van der Waals surface area (Å²) in [5.74, 6) is -0.943. The number of hydrogen-bond acceptors (Lipinski definition) is 0. The molecule has 0 aliphatic heterocycles. The molecule has 1 aromatic rings. The summed E-state index contributed by atoms with van der Waals surface area (Å²) < 4.78 is 49.1. The summed E-state index contributed by atoms with van der Waals surface area (Å²) in [6, 6.07) is 1.25. The molecule has 1 aromatic carbocycles. The van der Waals surface area contributed by atoms with Crippen LogP contribution in [0.25, 0.3) is 0 Å². The van der Waals surface area contributed by atoms with Crippen LogP contribution in [-0.4, -0.2) is 0 Å². The molecular formula is C7H2Br2F4. The Kier molecular flexibility index (Phi) is 3.01. The largest absolute Gasteiger partial charge is 0.416 e. The summed E-state index contributed by atoms with van der Waals surface area (Å²) in [5.41, 5.74) is -1.01. The Hall–Kier alpha value is -0.100. The summed E-state index contributed by atoms with van der Waals surface area (Å²) in [6.45, 7) is 0. The summed E-state index contributed by atoms with van der Waals surface area (Å²) in [7, 11) is 0. The first-order valence-corrected chi connectivity index (χ1v) is 4.62. The minimum Gasteiger partial charge on any atom is -0.206 e. The van der Waals surface area contributed by atoms with E-state index in [4.69, 9.17) is 0 Å². The predicted octanol–water partition coefficient (Wildman–Crippen LogP) is 4.37. The lowest BCUT2D eigenvalue weighted by Gasteiger charge is -2.08. The van der Waals surface area contributed by atoms with Crippen molar-refractivity contribution in [3.05, 3.63) is 32.5 Å². The second kappa shape index (κ2) is 3.57. The lowest BCUT2D eigenvalue weighted by Crippen LogP contribution is -2.05. The van der Waals surface area contributed by atoms with Crippen LogP contribution in [-0.2, 0) is 6.18 Å². The fraction of sp³-hybridized carbons (Fsp3) is 0.143. The first-order valence-electron chi connectivity index (χ1n) is 3.04. The summed E-state index contributed by atoms with van der Waals surface area (Å²) in [4.78, 5) is 0. The van der Waals surface area contributed by atoms with Crippen molar-refractivity contribution in [2.75, 3.05) is 0 Å². The average molecular weight is 322 g/mol. The van der Waals surface area contributed by atoms with Crippen LogP contribution in [0.4, 0.5) is 17.6 Å². The van der Waals surface area contributed by atoms with Crippen molar-refractivity contribution in [1.29, 1.82) is 0 Å². The third-order valence-electron chi connectivity index (χ3n) is 1.31. The molecule has 0 fully saturated rings. The van der Waals surface area contributed by atoms with Gasteiger partial charge in [0, 0.05) is 4.47 Å². The number of rotatable bonds is 0. The van der Waals surface area contributed by atoms with Crippen molar-refractivity contribution in [3.63, 3.8) is 0 Å². The van der Waals surface area contributed by atoms with Gasteiger partial charge in [-0.3, -0.25) is 0 Å². The molecule has 0 radical (unpaired) electrons. The monoisotopic (exact) mass is 320 g/mol. The van der Waals surface area contributed by atoms with Crippen molar-refractivity contribution in [2.24, 2.45) is 0 Å². The molecule has 0 unspecified atom stereocenters. The van der Waals surface area contributed by atoms with E-state index in [0.29, 0.717) is 6.07 Å². The van der Waals surface area contributed by atoms with Gasteiger partial charge in [-0.15, -0.1) is 0 Å². The molecule has 0 heterocycles. The maximum absolute atomic E-state index is 12.8. The zero-order valence-electron chi connectivity index (χ0n) is 5.92. The van der Waals surface area contributed by atoms with Crippen LogP contribution in [0.1, 0.15) is 5.56 Å². The Morgan fingerprint density at radius 2 is 1.62 bits per heavy atom. The highest BCUT2D eigenvalue weighted by molar-refractivity contribution is 9.13. The van der Waals surface area contributed by atoms with Gasteiger partial charge >= 0.3 is 6.18 Å². The van der Waals surface area contributed by atoms with Gasteiger partial charge in [0.2, 0.25) is 0 Å². The summed E-state index contributed by atoms with van der Waals surface area (Å²) >= 11 is 5.59. The average Bonchev–Trinajstić information content (AvgIpc) is 1.97. The maximum Gasteiger partial charge on any atom is 0.416 e. The van der Waals surface area contributed by atoms with E-state index in [-0.39, 0.29) is 8.95 Å². The molecular weight excluding hydrogens is 320 g/mol. The number of benzene rings is 1. The number of alkyl halides is 3. The van der Waals surface area contributed by atoms with Crippen molar-refractivity contribution >= 4 is 31.9 Å². The van der Waals surface area contributed by atoms with Crippen LogP contribution in [0.5, 0.6) is 0 Å². The van der Waals surface area contributed by atoms with Crippen LogP contribution in [0.3, 0.4) is 0 Å². The molecule has 0 saturated heterocycles. The van der Waals surface area contributed by atoms with Crippen molar-refractivity contribution in [3.8, 4) is 0 Å². The molecule has 0 aromatic heterocycles. The third-order valence-corrected chi connectivity index (χ3v) is 3.27. The van der Waals surface area contributed by atoms with Gasteiger partial charge in [0.05, 0.1) is 10.0 Å². The fourth-order valence-corrected chi connectivity index (χ4v) is 1.38. The van der Waals surface area contributed by atoms with Gasteiger partial charge in [0.1, 0.15) is 5.82 Å². The van der Waals surface area contributed by atoms with E-state index in [1.54, 1.807) is 0 Å². The lowest BCUT2D eigenvalue weighted by molar-refractivity contribution is -0.137. The van der Waals surface area contributed by atoms with Gasteiger partial charge in [-0.1, -0.05) is 0 Å². The highest BCUT2D eigenvalue weighted by atomic mass is 79.9. The second-order valence-electron chi connectivity index (χ2n) is 2.25. The van der Waals surface area contributed by atoms with E-state index in [9.17, 15) is 17.6 Å². The Labute approximate surface area is 88.2 Å². The van der Waals surface area contributed by atoms with Crippen LogP contribution in [0.2, 0.25) is 0 Å². The molecule has 0 aliphatic carbocycles. The van der Waals surface area contributed by atoms with E-state index >= 15 is 0 Å². The first kappa shape index (κ1) is 11.0. The molecule has 72 valence electrons. The van der Waals surface area contributed by atoms with E-state index in [1.165, 1.54) is 0 Å². The van der Waals surface area contributed by atoms with Crippen LogP contribution < -0.4 is 0 Å². The summed E-state index contributed by atoms with van der Waals surface area (Å²) in [6.07, 6.45) is -4.52. The Balaban J connectivity index is 3.29. The second-order valence-corrected chi connectivity index (χ2v) is 3.90. The molecule has 0 amide bonds. The molecule has 13 heavy (non-hydrogen) atoms. The normalized spacial score (nSPS) is 11.8. The minimum atomic E-state index is -4.52. The highest BCUT2D eigenvalue weighted by Crippen LogP contribution is 2.35. The van der Waals surface area contributed by atoms with Gasteiger partial charge in [0.25, 0.3) is 0 Å². The van der Waals surface area contributed by atoms with Gasteiger partial charge in [-0.05, 0) is 44.0 Å². The maximum atomic E-state index is 12.8. The Morgan fingerprint density at radius 1 is 1.08 bits per heavy atom. The van der Waals surface area contributed by atoms with Gasteiger partial charge in [-0.25, -0.2) is 4.39 Å². The molecule has 0 saturated carbocycles. The molecule has 0 nitrogen and oxygen atoms in total. The van der Waals surface area contributed by atoms with Gasteiger partial charge in [0.15, 0.2) is 0 Å². The van der Waals surface area contributed by atoms with Crippen LogP contribution in [0.15, 0.2) is 21.1 Å². The van der Waals surface area contributed by atoms with E-state index in [1.807, 2.05) is 0 Å². The molecule has 1 rings (SSSR count). The first-order chi connectivity index (χ1) is 5.82. The number of halogens is 6. The van der Waals surface area contributed by atoms with Gasteiger partial charge < -0.3 is 0 Å². The zero-order valence-corrected chi connectivity index (χ0v) is 9.09. The number of hydrogen-bond donors (Lipinski definition) is 0. The van der Waals surface area contributed by atoms with E-state index in [2.05, 4.69) is 31.9 Å². The zero-order chi connectivity index (χ0) is 10.2. The molecule has 0 aliphatic rings. The van der Waals surface area contributed by atoms with Crippen molar-refractivity contribution in [1.82, 2.24) is 0 Å². The van der Waals surface area contributed by atoms with Gasteiger partial charge in [-0.2, -0.15) is 13.2 Å². The summed E-state index contributed by atoms with van der Waals surface area (Å²) in [5, 5.41) is 0. The minimum absolute atomic E-state index is 0.0134. The molecule has 0 atom stereocenters. The Morgan fingerprint density at radius 3 is 2.00 bits per heavy atom. The smallest absolute Gasteiger partial charge is 0.206 e. The fourth-order valence-electron chi connectivity index (χ4n) is 0.719. The van der Waals surface area contributed by atoms with Crippen molar-refractivity contribution < 1.29 is 17.6 Å². The topological polar surface area (TPSA) is 0 Å². The molecule has 6 heteroatoms. The van der Waals surface area contributed by atoms with E-state index in [0.717, 1.165) is 6.07 Å².